The molecule has 1 saturated heterocycles. The van der Waals surface area contributed by atoms with Gasteiger partial charge in [-0.05, 0) is 43.5 Å². The molecule has 0 aliphatic carbocycles. The third-order valence-electron chi connectivity index (χ3n) is 3.86. The van der Waals surface area contributed by atoms with Crippen LogP contribution in [0.4, 0.5) is 0 Å². The first-order chi connectivity index (χ1) is 10.6. The summed E-state index contributed by atoms with van der Waals surface area (Å²) in [6.07, 6.45) is 2.44. The van der Waals surface area contributed by atoms with Gasteiger partial charge in [-0.3, -0.25) is 9.69 Å². The van der Waals surface area contributed by atoms with Gasteiger partial charge in [-0.1, -0.05) is 19.1 Å². The molecule has 1 atom stereocenters. The second-order valence-corrected chi connectivity index (χ2v) is 5.75. The molecular formula is C17H23NO4. The molecule has 1 aromatic rings. The molecule has 0 aromatic heterocycles. The van der Waals surface area contributed by atoms with Crippen LogP contribution in [-0.2, 0) is 16.1 Å². The number of hydrogen-bond acceptors (Lipinski definition) is 4. The summed E-state index contributed by atoms with van der Waals surface area (Å²) in [5.41, 5.74) is 1.56. The maximum Gasteiger partial charge on any atom is 0.338 e. The maximum atomic E-state index is 11.9. The van der Waals surface area contributed by atoms with Crippen LogP contribution in [-0.4, -0.2) is 41.6 Å². The van der Waals surface area contributed by atoms with E-state index in [1.165, 1.54) is 0 Å². The fraction of sp³-hybridized carbons (Fsp3) is 0.529. The van der Waals surface area contributed by atoms with Crippen molar-refractivity contribution < 1.29 is 19.4 Å². The summed E-state index contributed by atoms with van der Waals surface area (Å²) < 4.78 is 5.14. The van der Waals surface area contributed by atoms with E-state index >= 15 is 0 Å². The van der Waals surface area contributed by atoms with Crippen molar-refractivity contribution in [2.24, 2.45) is 5.92 Å². The van der Waals surface area contributed by atoms with E-state index in [0.717, 1.165) is 31.4 Å². The minimum absolute atomic E-state index is 0.286. The number of ether oxygens (including phenoxy) is 1. The van der Waals surface area contributed by atoms with Gasteiger partial charge in [-0.25, -0.2) is 4.79 Å². The number of carbonyl (C=O) groups excluding carboxylic acids is 1. The normalized spacial score (nSPS) is 18.9. The molecule has 2 rings (SSSR count). The Bertz CT molecular complexity index is 529. The highest BCUT2D eigenvalue weighted by atomic mass is 16.5. The lowest BCUT2D eigenvalue weighted by atomic mass is 9.97. The lowest BCUT2D eigenvalue weighted by molar-refractivity contribution is -0.143. The van der Waals surface area contributed by atoms with Gasteiger partial charge in [0.05, 0.1) is 18.1 Å². The number of carbonyl (C=O) groups is 2. The number of aliphatic carboxylic acids is 1. The van der Waals surface area contributed by atoms with Crippen molar-refractivity contribution in [2.75, 3.05) is 19.7 Å². The molecule has 0 spiro atoms. The second-order valence-electron chi connectivity index (χ2n) is 5.75. The van der Waals surface area contributed by atoms with E-state index in [-0.39, 0.29) is 11.9 Å². The number of benzene rings is 1. The van der Waals surface area contributed by atoms with E-state index in [0.29, 0.717) is 25.3 Å². The highest BCUT2D eigenvalue weighted by Gasteiger charge is 2.25. The minimum atomic E-state index is -0.721. The molecule has 0 radical (unpaired) electrons. The first-order valence-electron chi connectivity index (χ1n) is 7.81. The van der Waals surface area contributed by atoms with E-state index in [1.807, 2.05) is 25.1 Å². The van der Waals surface area contributed by atoms with E-state index < -0.39 is 5.97 Å². The van der Waals surface area contributed by atoms with Gasteiger partial charge in [-0.2, -0.15) is 0 Å². The minimum Gasteiger partial charge on any atom is -0.481 e. The zero-order valence-corrected chi connectivity index (χ0v) is 13.0. The first-order valence-corrected chi connectivity index (χ1v) is 7.81. The largest absolute Gasteiger partial charge is 0.481 e. The summed E-state index contributed by atoms with van der Waals surface area (Å²) in [6, 6.07) is 7.39. The average Bonchev–Trinajstić information content (AvgIpc) is 2.53. The van der Waals surface area contributed by atoms with Gasteiger partial charge in [0.25, 0.3) is 0 Å². The lowest BCUT2D eigenvalue weighted by Crippen LogP contribution is -2.38. The van der Waals surface area contributed by atoms with Crippen molar-refractivity contribution >= 4 is 11.9 Å². The Morgan fingerprint density at radius 1 is 1.41 bits per heavy atom. The molecule has 1 aliphatic rings. The van der Waals surface area contributed by atoms with Crippen molar-refractivity contribution in [1.29, 1.82) is 0 Å². The van der Waals surface area contributed by atoms with Crippen molar-refractivity contribution in [3.05, 3.63) is 35.4 Å². The van der Waals surface area contributed by atoms with Gasteiger partial charge >= 0.3 is 11.9 Å². The molecule has 1 unspecified atom stereocenters. The van der Waals surface area contributed by atoms with Gasteiger partial charge in [0.1, 0.15) is 0 Å². The summed E-state index contributed by atoms with van der Waals surface area (Å²) in [5, 5.41) is 9.13. The molecule has 1 heterocycles. The SMILES string of the molecule is CCCOC(=O)c1cccc(CN2CCCC(C(=O)O)C2)c1. The number of hydrogen-bond donors (Lipinski definition) is 1. The molecule has 1 N–H and O–H groups in total. The van der Waals surface area contributed by atoms with Gasteiger partial charge in [0.2, 0.25) is 0 Å². The average molecular weight is 305 g/mol. The topological polar surface area (TPSA) is 66.8 Å². The van der Waals surface area contributed by atoms with E-state index in [2.05, 4.69) is 4.90 Å². The predicted molar refractivity (Wildman–Crippen MR) is 82.7 cm³/mol. The number of carboxylic acids is 1. The van der Waals surface area contributed by atoms with Crippen LogP contribution in [0, 0.1) is 5.92 Å². The zero-order valence-electron chi connectivity index (χ0n) is 13.0. The molecular weight excluding hydrogens is 282 g/mol. The number of esters is 1. The Hall–Kier alpha value is -1.88. The Morgan fingerprint density at radius 3 is 2.95 bits per heavy atom. The molecule has 1 aromatic carbocycles. The smallest absolute Gasteiger partial charge is 0.338 e. The Labute approximate surface area is 130 Å². The molecule has 22 heavy (non-hydrogen) atoms. The second kappa shape index (κ2) is 7.94. The standard InChI is InChI=1S/C17H23NO4/c1-2-9-22-17(21)14-6-3-5-13(10-14)11-18-8-4-7-15(12-18)16(19)20/h3,5-6,10,15H,2,4,7-9,11-12H2,1H3,(H,19,20). The van der Waals surface area contributed by atoms with Crippen LogP contribution in [0.15, 0.2) is 24.3 Å². The molecule has 0 bridgehead atoms. The molecule has 0 saturated carbocycles. The summed E-state index contributed by atoms with van der Waals surface area (Å²) in [4.78, 5) is 25.1. The molecule has 1 aliphatic heterocycles. The van der Waals surface area contributed by atoms with Gasteiger partial charge in [0, 0.05) is 13.1 Å². The van der Waals surface area contributed by atoms with E-state index in [9.17, 15) is 9.59 Å². The molecule has 120 valence electrons. The number of nitrogens with zero attached hydrogens (tertiary/aromatic N) is 1. The number of carboxylic acid groups (broad SMARTS) is 1. The Morgan fingerprint density at radius 2 is 2.23 bits per heavy atom. The van der Waals surface area contributed by atoms with Gasteiger partial charge in [-0.15, -0.1) is 0 Å². The highest BCUT2D eigenvalue weighted by molar-refractivity contribution is 5.89. The quantitative estimate of drug-likeness (QED) is 0.818. The van der Waals surface area contributed by atoms with Crippen LogP contribution in [0.1, 0.15) is 42.1 Å². The summed E-state index contributed by atoms with van der Waals surface area (Å²) in [7, 11) is 0. The van der Waals surface area contributed by atoms with Crippen LogP contribution in [0.3, 0.4) is 0 Å². The van der Waals surface area contributed by atoms with Crippen molar-refractivity contribution in [2.45, 2.75) is 32.7 Å². The lowest BCUT2D eigenvalue weighted by Gasteiger charge is -2.30. The number of piperidine rings is 1. The Balaban J connectivity index is 1.98. The van der Waals surface area contributed by atoms with Gasteiger partial charge in [0.15, 0.2) is 0 Å². The van der Waals surface area contributed by atoms with E-state index in [4.69, 9.17) is 9.84 Å². The number of rotatable bonds is 6. The molecule has 1 fully saturated rings. The van der Waals surface area contributed by atoms with Crippen molar-refractivity contribution in [3.8, 4) is 0 Å². The monoisotopic (exact) mass is 305 g/mol. The van der Waals surface area contributed by atoms with Gasteiger partial charge < -0.3 is 9.84 Å². The van der Waals surface area contributed by atoms with Crippen LogP contribution >= 0.6 is 0 Å². The van der Waals surface area contributed by atoms with Crippen LogP contribution in [0.25, 0.3) is 0 Å². The highest BCUT2D eigenvalue weighted by Crippen LogP contribution is 2.19. The van der Waals surface area contributed by atoms with Crippen LogP contribution < -0.4 is 0 Å². The fourth-order valence-corrected chi connectivity index (χ4v) is 2.73. The third-order valence-corrected chi connectivity index (χ3v) is 3.86. The fourth-order valence-electron chi connectivity index (χ4n) is 2.73. The maximum absolute atomic E-state index is 11.9. The van der Waals surface area contributed by atoms with Crippen molar-refractivity contribution in [3.63, 3.8) is 0 Å². The zero-order chi connectivity index (χ0) is 15.9. The summed E-state index contributed by atoms with van der Waals surface area (Å²) in [6.45, 7) is 4.52. The van der Waals surface area contributed by atoms with Crippen molar-refractivity contribution in [1.82, 2.24) is 4.90 Å². The first kappa shape index (κ1) is 16.5. The van der Waals surface area contributed by atoms with Crippen LogP contribution in [0.5, 0.6) is 0 Å². The summed E-state index contributed by atoms with van der Waals surface area (Å²) in [5.74, 6) is -1.31. The molecule has 0 amide bonds. The molecule has 5 heteroatoms. The summed E-state index contributed by atoms with van der Waals surface area (Å²) >= 11 is 0. The van der Waals surface area contributed by atoms with E-state index in [1.54, 1.807) is 6.07 Å². The van der Waals surface area contributed by atoms with Crippen LogP contribution in [0.2, 0.25) is 0 Å². The third kappa shape index (κ3) is 4.56. The molecule has 5 nitrogen and oxygen atoms in total. The predicted octanol–water partition coefficient (Wildman–Crippen LogP) is 2.55. The number of likely N-dealkylation sites (tertiary alicyclic amines) is 1. The Kier molecular flexibility index (Phi) is 5.95.